The van der Waals surface area contributed by atoms with E-state index in [1.54, 1.807) is 4.52 Å². The van der Waals surface area contributed by atoms with E-state index in [1.807, 2.05) is 25.3 Å². The van der Waals surface area contributed by atoms with Crippen molar-refractivity contribution in [1.82, 2.24) is 25.0 Å². The van der Waals surface area contributed by atoms with E-state index < -0.39 is 5.97 Å². The Morgan fingerprint density at radius 3 is 2.86 bits per heavy atom. The smallest absolute Gasteiger partial charge is 0.340 e. The zero-order chi connectivity index (χ0) is 15.4. The Hall–Kier alpha value is -2.61. The van der Waals surface area contributed by atoms with E-state index in [0.29, 0.717) is 16.9 Å². The van der Waals surface area contributed by atoms with Gasteiger partial charge in [0.25, 0.3) is 0 Å². The fourth-order valence-corrected chi connectivity index (χ4v) is 3.73. The number of thiophene rings is 1. The molecule has 0 aliphatic rings. The molecule has 0 N–H and O–H groups in total. The minimum atomic E-state index is -0.403. The van der Waals surface area contributed by atoms with E-state index in [1.165, 1.54) is 18.4 Å². The van der Waals surface area contributed by atoms with Crippen molar-refractivity contribution in [1.29, 1.82) is 0 Å². The molecule has 0 unspecified atom stereocenters. The van der Waals surface area contributed by atoms with Crippen LogP contribution in [0, 0.1) is 13.8 Å². The first-order chi connectivity index (χ1) is 10.6. The summed E-state index contributed by atoms with van der Waals surface area (Å²) in [6, 6.07) is 1.97. The summed E-state index contributed by atoms with van der Waals surface area (Å²) in [4.78, 5) is 17.7. The van der Waals surface area contributed by atoms with E-state index >= 15 is 0 Å². The third kappa shape index (κ3) is 1.52. The number of fused-ring (bicyclic) bond motifs is 6. The van der Waals surface area contributed by atoms with Gasteiger partial charge in [-0.2, -0.15) is 4.52 Å². The lowest BCUT2D eigenvalue weighted by Gasteiger charge is -2.12. The number of pyridine rings is 2. The molecular weight excluding hydrogens is 302 g/mol. The van der Waals surface area contributed by atoms with Crippen LogP contribution in [0.15, 0.2) is 11.4 Å². The number of carbonyl (C=O) groups is 1. The van der Waals surface area contributed by atoms with Gasteiger partial charge in [-0.15, -0.1) is 16.4 Å². The third-order valence-electron chi connectivity index (χ3n) is 3.75. The zero-order valence-electron chi connectivity index (χ0n) is 12.1. The van der Waals surface area contributed by atoms with Gasteiger partial charge in [0, 0.05) is 16.5 Å². The van der Waals surface area contributed by atoms with Crippen molar-refractivity contribution in [3.05, 3.63) is 28.4 Å². The quantitative estimate of drug-likeness (QED) is 0.501. The standard InChI is InChI=1S/C14H11N5O2S/c1-6-9-11(10(7(2)15-6)14(20)21-3)8-4-5-22-13(8)19-12(9)16-17-18-19/h4-5H,1-3H3. The molecule has 0 aromatic carbocycles. The van der Waals surface area contributed by atoms with Crippen LogP contribution in [0.5, 0.6) is 0 Å². The molecule has 0 saturated heterocycles. The molecule has 7 nitrogen and oxygen atoms in total. The van der Waals surface area contributed by atoms with Crippen molar-refractivity contribution < 1.29 is 9.53 Å². The Kier molecular flexibility index (Phi) is 2.64. The fourth-order valence-electron chi connectivity index (χ4n) is 2.88. The maximum atomic E-state index is 12.3. The van der Waals surface area contributed by atoms with E-state index in [0.717, 1.165) is 26.7 Å². The number of aromatic nitrogens is 5. The minimum absolute atomic E-state index is 0.403. The molecule has 0 radical (unpaired) electrons. The van der Waals surface area contributed by atoms with Crippen molar-refractivity contribution in [3.63, 3.8) is 0 Å². The Bertz CT molecular complexity index is 1070. The van der Waals surface area contributed by atoms with Crippen LogP contribution in [-0.4, -0.2) is 38.1 Å². The summed E-state index contributed by atoms with van der Waals surface area (Å²) in [7, 11) is 1.37. The first-order valence-corrected chi connectivity index (χ1v) is 7.48. The fraction of sp³-hybridized carbons (Fsp3) is 0.214. The van der Waals surface area contributed by atoms with Crippen LogP contribution in [0.4, 0.5) is 0 Å². The lowest BCUT2D eigenvalue weighted by molar-refractivity contribution is 0.0602. The molecular formula is C14H11N5O2S. The maximum absolute atomic E-state index is 12.3. The number of carbonyl (C=O) groups excluding carboxylic acids is 1. The molecule has 0 amide bonds. The van der Waals surface area contributed by atoms with Gasteiger partial charge in [0.15, 0.2) is 5.65 Å². The van der Waals surface area contributed by atoms with E-state index in [2.05, 4.69) is 20.5 Å². The molecule has 0 atom stereocenters. The number of esters is 1. The molecule has 8 heteroatoms. The largest absolute Gasteiger partial charge is 0.465 e. The lowest BCUT2D eigenvalue weighted by atomic mass is 10.0. The van der Waals surface area contributed by atoms with Crippen molar-refractivity contribution >= 4 is 43.9 Å². The number of hydrogen-bond acceptors (Lipinski definition) is 7. The topological polar surface area (TPSA) is 82.3 Å². The molecule has 0 spiro atoms. The summed E-state index contributed by atoms with van der Waals surface area (Å²) in [5.41, 5.74) is 2.49. The Labute approximate surface area is 128 Å². The van der Waals surface area contributed by atoms with Gasteiger partial charge >= 0.3 is 5.97 Å². The predicted octanol–water partition coefficient (Wildman–Crippen LogP) is 2.29. The zero-order valence-corrected chi connectivity index (χ0v) is 12.9. The highest BCUT2D eigenvalue weighted by Crippen LogP contribution is 2.35. The van der Waals surface area contributed by atoms with Crippen LogP contribution in [-0.2, 0) is 4.74 Å². The number of methoxy groups -OCH3 is 1. The van der Waals surface area contributed by atoms with Crippen molar-refractivity contribution in [2.75, 3.05) is 7.11 Å². The summed E-state index contributed by atoms with van der Waals surface area (Å²) < 4.78 is 6.64. The maximum Gasteiger partial charge on any atom is 0.340 e. The van der Waals surface area contributed by atoms with Crippen LogP contribution >= 0.6 is 11.3 Å². The molecule has 0 fully saturated rings. The van der Waals surface area contributed by atoms with Gasteiger partial charge in [0.1, 0.15) is 4.83 Å². The van der Waals surface area contributed by atoms with Gasteiger partial charge in [-0.3, -0.25) is 4.98 Å². The van der Waals surface area contributed by atoms with Crippen LogP contribution in [0.2, 0.25) is 0 Å². The molecule has 4 aromatic rings. The average Bonchev–Trinajstić information content (AvgIpc) is 3.14. The molecule has 110 valence electrons. The van der Waals surface area contributed by atoms with Gasteiger partial charge in [-0.05, 0) is 35.7 Å². The second kappa shape index (κ2) is 4.44. The Morgan fingerprint density at radius 2 is 2.09 bits per heavy atom. The highest BCUT2D eigenvalue weighted by molar-refractivity contribution is 7.17. The first-order valence-electron chi connectivity index (χ1n) is 6.60. The van der Waals surface area contributed by atoms with Crippen molar-refractivity contribution in [2.45, 2.75) is 13.8 Å². The summed E-state index contributed by atoms with van der Waals surface area (Å²) in [6.07, 6.45) is 0. The average molecular weight is 313 g/mol. The van der Waals surface area contributed by atoms with E-state index in [-0.39, 0.29) is 0 Å². The molecule has 0 aliphatic carbocycles. The monoisotopic (exact) mass is 313 g/mol. The molecule has 4 aromatic heterocycles. The molecule has 0 bridgehead atoms. The van der Waals surface area contributed by atoms with Crippen LogP contribution < -0.4 is 0 Å². The Morgan fingerprint density at radius 1 is 1.27 bits per heavy atom. The van der Waals surface area contributed by atoms with Crippen molar-refractivity contribution in [3.8, 4) is 0 Å². The van der Waals surface area contributed by atoms with Crippen LogP contribution in [0.3, 0.4) is 0 Å². The highest BCUT2D eigenvalue weighted by atomic mass is 32.1. The van der Waals surface area contributed by atoms with E-state index in [4.69, 9.17) is 4.74 Å². The van der Waals surface area contributed by atoms with Crippen LogP contribution in [0.1, 0.15) is 21.7 Å². The SMILES string of the molecule is COC(=O)c1c(C)nc(C)c2c1c1ccsc1n1nnnc21. The van der Waals surface area contributed by atoms with Gasteiger partial charge < -0.3 is 4.74 Å². The van der Waals surface area contributed by atoms with Crippen molar-refractivity contribution in [2.24, 2.45) is 0 Å². The molecule has 0 saturated carbocycles. The summed E-state index contributed by atoms with van der Waals surface area (Å²) in [6.45, 7) is 3.70. The van der Waals surface area contributed by atoms with Gasteiger partial charge in [-0.25, -0.2) is 4.79 Å². The lowest BCUT2D eigenvalue weighted by Crippen LogP contribution is -2.09. The number of rotatable bonds is 1. The normalized spacial score (nSPS) is 11.6. The summed E-state index contributed by atoms with van der Waals surface area (Å²) in [5.74, 6) is -0.403. The van der Waals surface area contributed by atoms with Gasteiger partial charge in [0.05, 0.1) is 23.8 Å². The number of aryl methyl sites for hydroxylation is 2. The van der Waals surface area contributed by atoms with Crippen LogP contribution in [0.25, 0.3) is 26.6 Å². The second-order valence-electron chi connectivity index (χ2n) is 4.95. The van der Waals surface area contributed by atoms with Gasteiger partial charge in [0.2, 0.25) is 0 Å². The van der Waals surface area contributed by atoms with E-state index in [9.17, 15) is 4.79 Å². The number of tetrazole rings is 1. The first kappa shape index (κ1) is 13.1. The summed E-state index contributed by atoms with van der Waals surface area (Å²) in [5, 5.41) is 16.4. The molecule has 4 rings (SSSR count). The molecule has 22 heavy (non-hydrogen) atoms. The molecule has 0 aliphatic heterocycles. The number of hydrogen-bond donors (Lipinski definition) is 0. The van der Waals surface area contributed by atoms with Gasteiger partial charge in [-0.1, -0.05) is 0 Å². The molecule has 4 heterocycles. The minimum Gasteiger partial charge on any atom is -0.465 e. The number of ether oxygens (including phenoxy) is 1. The number of nitrogens with zero attached hydrogens (tertiary/aromatic N) is 5. The Balaban J connectivity index is 2.40. The summed E-state index contributed by atoms with van der Waals surface area (Å²) >= 11 is 1.52. The second-order valence-corrected chi connectivity index (χ2v) is 5.85. The third-order valence-corrected chi connectivity index (χ3v) is 4.64. The predicted molar refractivity (Wildman–Crippen MR) is 82.3 cm³/mol. The highest BCUT2D eigenvalue weighted by Gasteiger charge is 2.23.